The number of halogens is 1. The molecule has 1 aromatic carbocycles. The molecule has 0 bridgehead atoms. The fourth-order valence-corrected chi connectivity index (χ4v) is 3.04. The van der Waals surface area contributed by atoms with E-state index in [1.54, 1.807) is 15.6 Å². The number of rotatable bonds is 4. The molecule has 3 aromatic rings. The highest BCUT2D eigenvalue weighted by atomic mass is 35.5. The van der Waals surface area contributed by atoms with Crippen LogP contribution in [0, 0.1) is 11.7 Å². The van der Waals surface area contributed by atoms with E-state index in [4.69, 9.17) is 23.8 Å². The third-order valence-electron chi connectivity index (χ3n) is 3.91. The van der Waals surface area contributed by atoms with Crippen molar-refractivity contribution in [3.05, 3.63) is 62.9 Å². The van der Waals surface area contributed by atoms with Crippen LogP contribution < -0.4 is 0 Å². The second kappa shape index (κ2) is 7.17. The Kier molecular flexibility index (Phi) is 5.11. The minimum atomic E-state index is -0.193. The summed E-state index contributed by atoms with van der Waals surface area (Å²) in [5.41, 5.74) is 2.52. The molecule has 0 atom stereocenters. The molecule has 0 fully saturated rings. The van der Waals surface area contributed by atoms with Crippen LogP contribution in [0.2, 0.25) is 5.15 Å². The van der Waals surface area contributed by atoms with Crippen molar-refractivity contribution in [3.8, 4) is 0 Å². The van der Waals surface area contributed by atoms with Crippen LogP contribution in [0.15, 0.2) is 35.4 Å². The maximum atomic E-state index is 6.54. The Bertz CT molecular complexity index is 991. The number of hydrogen-bond donors (Lipinski definition) is 1. The molecular weight excluding hydrogens is 368 g/mol. The fraction of sp³-hybridized carbons (Fsp3) is 0.333. The predicted molar refractivity (Wildman–Crippen MR) is 107 cm³/mol. The van der Waals surface area contributed by atoms with Gasteiger partial charge in [-0.25, -0.2) is 4.68 Å². The molecule has 136 valence electrons. The van der Waals surface area contributed by atoms with E-state index in [2.05, 4.69) is 41.2 Å². The van der Waals surface area contributed by atoms with E-state index in [-0.39, 0.29) is 5.41 Å². The summed E-state index contributed by atoms with van der Waals surface area (Å²) in [7, 11) is 0. The molecule has 0 radical (unpaired) electrons. The molecule has 26 heavy (non-hydrogen) atoms. The minimum Gasteiger partial charge on any atom is -0.250 e. The Morgan fingerprint density at radius 2 is 1.96 bits per heavy atom. The van der Waals surface area contributed by atoms with Gasteiger partial charge in [0.05, 0.1) is 24.0 Å². The van der Waals surface area contributed by atoms with Crippen molar-refractivity contribution in [2.45, 2.75) is 39.7 Å². The molecule has 0 aliphatic carbocycles. The first-order valence-corrected chi connectivity index (χ1v) is 9.05. The first-order valence-electron chi connectivity index (χ1n) is 8.26. The number of benzene rings is 1. The molecule has 2 aromatic heterocycles. The molecule has 0 aliphatic heterocycles. The van der Waals surface area contributed by atoms with Crippen LogP contribution in [0.1, 0.15) is 43.4 Å². The quantitative estimate of drug-likeness (QED) is 0.534. The van der Waals surface area contributed by atoms with E-state index < -0.39 is 0 Å². The fourth-order valence-electron chi connectivity index (χ4n) is 2.57. The SMILES string of the molecule is Cc1nn(Cc2ccccc2)c(Cl)c1C=Nn1c(C(C)(C)C)n[nH]c1=S. The van der Waals surface area contributed by atoms with Crippen molar-refractivity contribution in [1.82, 2.24) is 24.7 Å². The van der Waals surface area contributed by atoms with Crippen LogP contribution in [-0.2, 0) is 12.0 Å². The Balaban J connectivity index is 1.93. The van der Waals surface area contributed by atoms with Crippen LogP contribution in [0.5, 0.6) is 0 Å². The van der Waals surface area contributed by atoms with Gasteiger partial charge in [0.1, 0.15) is 5.15 Å². The normalized spacial score (nSPS) is 12.2. The molecular formula is C18H21ClN6S. The van der Waals surface area contributed by atoms with Crippen LogP contribution in [0.3, 0.4) is 0 Å². The number of nitrogens with one attached hydrogen (secondary N) is 1. The predicted octanol–water partition coefficient (Wildman–Crippen LogP) is 4.33. The summed E-state index contributed by atoms with van der Waals surface area (Å²) in [6, 6.07) is 10.1. The highest BCUT2D eigenvalue weighted by Crippen LogP contribution is 2.22. The first kappa shape index (κ1) is 18.5. The minimum absolute atomic E-state index is 0.193. The monoisotopic (exact) mass is 388 g/mol. The van der Waals surface area contributed by atoms with Gasteiger partial charge in [-0.2, -0.15) is 20.0 Å². The van der Waals surface area contributed by atoms with E-state index in [9.17, 15) is 0 Å². The lowest BCUT2D eigenvalue weighted by atomic mass is 9.96. The summed E-state index contributed by atoms with van der Waals surface area (Å²) in [4.78, 5) is 0. The van der Waals surface area contributed by atoms with E-state index in [0.717, 1.165) is 22.6 Å². The van der Waals surface area contributed by atoms with Crippen LogP contribution in [0.4, 0.5) is 0 Å². The second-order valence-electron chi connectivity index (χ2n) is 7.09. The molecule has 8 heteroatoms. The van der Waals surface area contributed by atoms with Gasteiger partial charge in [0, 0.05) is 5.41 Å². The van der Waals surface area contributed by atoms with E-state index in [1.807, 2.05) is 37.3 Å². The Hall–Kier alpha value is -2.25. The average Bonchev–Trinajstić information content (AvgIpc) is 3.07. The van der Waals surface area contributed by atoms with Gasteiger partial charge < -0.3 is 0 Å². The zero-order chi connectivity index (χ0) is 18.9. The van der Waals surface area contributed by atoms with Gasteiger partial charge in [0.15, 0.2) is 5.82 Å². The van der Waals surface area contributed by atoms with Gasteiger partial charge in [-0.1, -0.05) is 62.7 Å². The lowest BCUT2D eigenvalue weighted by Gasteiger charge is -2.15. The Morgan fingerprint density at radius 1 is 1.27 bits per heavy atom. The molecule has 3 rings (SSSR count). The van der Waals surface area contributed by atoms with Crippen molar-refractivity contribution in [1.29, 1.82) is 0 Å². The summed E-state index contributed by atoms with van der Waals surface area (Å²) in [6.45, 7) is 8.68. The molecule has 0 aliphatic rings. The van der Waals surface area contributed by atoms with Gasteiger partial charge >= 0.3 is 0 Å². The largest absolute Gasteiger partial charge is 0.250 e. The molecule has 0 spiro atoms. The number of aromatic amines is 1. The topological polar surface area (TPSA) is 63.8 Å². The standard InChI is InChI=1S/C18H21ClN6S/c1-12-14(10-20-25-16(18(2,3)4)21-22-17(25)26)15(19)24(23-12)11-13-8-6-5-7-9-13/h5-10H,11H2,1-4H3,(H,22,26). The summed E-state index contributed by atoms with van der Waals surface area (Å²) in [5.74, 6) is 0.754. The molecule has 1 N–H and O–H groups in total. The van der Waals surface area contributed by atoms with Crippen molar-refractivity contribution < 1.29 is 0 Å². The number of aromatic nitrogens is 5. The summed E-state index contributed by atoms with van der Waals surface area (Å²) >= 11 is 11.8. The van der Waals surface area contributed by atoms with Gasteiger partial charge in [0.2, 0.25) is 4.77 Å². The lowest BCUT2D eigenvalue weighted by Crippen LogP contribution is -2.17. The molecule has 0 unspecified atom stereocenters. The Morgan fingerprint density at radius 3 is 2.62 bits per heavy atom. The molecule has 0 saturated carbocycles. The number of aryl methyl sites for hydroxylation is 1. The number of hydrogen-bond acceptors (Lipinski definition) is 4. The zero-order valence-electron chi connectivity index (χ0n) is 15.2. The second-order valence-corrected chi connectivity index (χ2v) is 7.84. The third-order valence-corrected chi connectivity index (χ3v) is 4.57. The van der Waals surface area contributed by atoms with E-state index in [0.29, 0.717) is 16.5 Å². The van der Waals surface area contributed by atoms with Crippen LogP contribution in [0.25, 0.3) is 0 Å². The van der Waals surface area contributed by atoms with Crippen molar-refractivity contribution >= 4 is 30.0 Å². The smallest absolute Gasteiger partial charge is 0.216 e. The van der Waals surface area contributed by atoms with E-state index >= 15 is 0 Å². The first-order chi connectivity index (χ1) is 12.3. The van der Waals surface area contributed by atoms with E-state index in [1.165, 1.54) is 0 Å². The van der Waals surface area contributed by atoms with Gasteiger partial charge in [-0.3, -0.25) is 5.10 Å². The number of H-pyrrole nitrogens is 1. The summed E-state index contributed by atoms with van der Waals surface area (Å²) < 4.78 is 3.84. The highest BCUT2D eigenvalue weighted by molar-refractivity contribution is 7.71. The maximum absolute atomic E-state index is 6.54. The van der Waals surface area contributed by atoms with Crippen molar-refractivity contribution in [2.24, 2.45) is 5.10 Å². The number of nitrogens with zero attached hydrogens (tertiary/aromatic N) is 5. The van der Waals surface area contributed by atoms with Gasteiger partial charge in [0.25, 0.3) is 0 Å². The van der Waals surface area contributed by atoms with Gasteiger partial charge in [-0.05, 0) is 24.7 Å². The maximum Gasteiger partial charge on any atom is 0.216 e. The van der Waals surface area contributed by atoms with Crippen molar-refractivity contribution in [3.63, 3.8) is 0 Å². The third kappa shape index (κ3) is 3.78. The highest BCUT2D eigenvalue weighted by Gasteiger charge is 2.21. The van der Waals surface area contributed by atoms with Crippen LogP contribution >= 0.6 is 23.8 Å². The molecule has 2 heterocycles. The van der Waals surface area contributed by atoms with Crippen LogP contribution in [-0.4, -0.2) is 30.9 Å². The van der Waals surface area contributed by atoms with Gasteiger partial charge in [-0.15, -0.1) is 0 Å². The lowest BCUT2D eigenvalue weighted by molar-refractivity contribution is 0.516. The molecule has 0 saturated heterocycles. The average molecular weight is 389 g/mol. The molecule has 0 amide bonds. The Labute approximate surface area is 162 Å². The summed E-state index contributed by atoms with van der Waals surface area (Å²) in [5, 5.41) is 16.7. The zero-order valence-corrected chi connectivity index (χ0v) is 16.8. The summed E-state index contributed by atoms with van der Waals surface area (Å²) in [6.07, 6.45) is 1.69. The molecule has 6 nitrogen and oxygen atoms in total. The van der Waals surface area contributed by atoms with Crippen molar-refractivity contribution in [2.75, 3.05) is 0 Å².